The number of rotatable bonds is 6. The Kier molecular flexibility index (Phi) is 6.80. The monoisotopic (exact) mass is 473 g/mol. The van der Waals surface area contributed by atoms with Gasteiger partial charge in [-0.15, -0.1) is 0 Å². The molecule has 4 rings (SSSR count). The molecule has 172 valence electrons. The van der Waals surface area contributed by atoms with E-state index in [0.29, 0.717) is 59.9 Å². The predicted octanol–water partition coefficient (Wildman–Crippen LogP) is 3.56. The number of morpholine rings is 1. The minimum Gasteiger partial charge on any atom is -0.370 e. The number of carbonyl (C=O) groups is 1. The van der Waals surface area contributed by atoms with Crippen LogP contribution in [-0.4, -0.2) is 63.8 Å². The third-order valence-electron chi connectivity index (χ3n) is 5.23. The Morgan fingerprint density at radius 2 is 2.00 bits per heavy atom. The molecule has 0 spiro atoms. The first-order valence-electron chi connectivity index (χ1n) is 10.3. The molecule has 0 atom stereocenters. The van der Waals surface area contributed by atoms with Crippen molar-refractivity contribution < 1.29 is 23.8 Å². The van der Waals surface area contributed by atoms with Crippen LogP contribution in [0.3, 0.4) is 0 Å². The average molecular weight is 474 g/mol. The zero-order valence-electron chi connectivity index (χ0n) is 17.9. The molecule has 3 aromatic rings. The molecule has 2 aromatic heterocycles. The summed E-state index contributed by atoms with van der Waals surface area (Å²) < 4.78 is 19.1. The van der Waals surface area contributed by atoms with Crippen LogP contribution in [0.2, 0.25) is 5.02 Å². The molecule has 0 bridgehead atoms. The van der Waals surface area contributed by atoms with Gasteiger partial charge in [-0.1, -0.05) is 11.6 Å². The summed E-state index contributed by atoms with van der Waals surface area (Å²) in [6.07, 6.45) is 1.54. The molecule has 0 radical (unpaired) electrons. The Balaban J connectivity index is 1.49. The van der Waals surface area contributed by atoms with Crippen LogP contribution in [0.5, 0.6) is 0 Å². The molecule has 3 heterocycles. The molecular formula is C22H23ClFN6O3+. The number of ether oxygens (including phenoxy) is 1. The van der Waals surface area contributed by atoms with Crippen LogP contribution in [0.25, 0.3) is 11.3 Å². The van der Waals surface area contributed by atoms with Crippen LogP contribution in [0, 0.1) is 12.7 Å². The Hall–Kier alpha value is -3.18. The van der Waals surface area contributed by atoms with E-state index >= 15 is 0 Å². The minimum atomic E-state index is -0.456. The summed E-state index contributed by atoms with van der Waals surface area (Å²) in [7, 11) is 0. The first-order chi connectivity index (χ1) is 15.8. The number of hydroxylamine groups is 3. The largest absolute Gasteiger partial charge is 0.370 e. The third kappa shape index (κ3) is 5.79. The van der Waals surface area contributed by atoms with Gasteiger partial charge in [-0.3, -0.25) is 4.79 Å². The van der Waals surface area contributed by atoms with Gasteiger partial charge in [-0.25, -0.2) is 14.6 Å². The minimum absolute atomic E-state index is 0.0926. The van der Waals surface area contributed by atoms with E-state index < -0.39 is 5.82 Å². The summed E-state index contributed by atoms with van der Waals surface area (Å²) in [6, 6.07) is 9.28. The fraction of sp³-hybridized carbons (Fsp3) is 0.273. The van der Waals surface area contributed by atoms with Gasteiger partial charge in [-0.2, -0.15) is 14.8 Å². The van der Waals surface area contributed by atoms with Gasteiger partial charge >= 0.3 is 0 Å². The number of aromatic nitrogens is 3. The lowest BCUT2D eigenvalue weighted by atomic mass is 10.1. The Morgan fingerprint density at radius 1 is 1.21 bits per heavy atom. The zero-order chi connectivity index (χ0) is 23.4. The first kappa shape index (κ1) is 23.0. The van der Waals surface area contributed by atoms with Crippen molar-refractivity contribution in [2.45, 2.75) is 6.92 Å². The standard InChI is InChI=1S/C22H22ClFN6O3/c1-14-19(12-20(29-28-14)17-10-15(23)2-3-18(17)24)26-16-4-5-25-21(11-16)27-22(31)13-30(32)6-8-33-9-7-30/h2-5,10-12,32H,6-9,13H2,1H3,(H-,25,26,27,29,31)/p+1. The number of hydrogen-bond donors (Lipinski definition) is 3. The van der Waals surface area contributed by atoms with Gasteiger partial charge in [-0.05, 0) is 37.3 Å². The lowest BCUT2D eigenvalue weighted by molar-refractivity contribution is -1.10. The van der Waals surface area contributed by atoms with Crippen LogP contribution >= 0.6 is 11.6 Å². The second kappa shape index (κ2) is 9.75. The quantitative estimate of drug-likeness (QED) is 0.469. The number of quaternary nitrogens is 1. The van der Waals surface area contributed by atoms with Gasteiger partial charge in [0.2, 0.25) is 0 Å². The van der Waals surface area contributed by atoms with Crippen molar-refractivity contribution in [2.24, 2.45) is 0 Å². The van der Waals surface area contributed by atoms with E-state index in [9.17, 15) is 14.4 Å². The Bertz CT molecular complexity index is 1170. The Labute approximate surface area is 194 Å². The maximum Gasteiger partial charge on any atom is 0.283 e. The summed E-state index contributed by atoms with van der Waals surface area (Å²) in [6.45, 7) is 3.19. The van der Waals surface area contributed by atoms with E-state index in [4.69, 9.17) is 16.3 Å². The molecule has 3 N–H and O–H groups in total. The topological polar surface area (TPSA) is 109 Å². The van der Waals surface area contributed by atoms with Crippen molar-refractivity contribution >= 4 is 34.7 Å². The van der Waals surface area contributed by atoms with Crippen LogP contribution in [0.4, 0.5) is 21.6 Å². The molecule has 0 unspecified atom stereocenters. The molecule has 11 heteroatoms. The molecular weight excluding hydrogens is 451 g/mol. The number of hydrogen-bond acceptors (Lipinski definition) is 7. The molecule has 9 nitrogen and oxygen atoms in total. The number of amides is 1. The van der Waals surface area contributed by atoms with Crippen LogP contribution in [-0.2, 0) is 9.53 Å². The second-order valence-electron chi connectivity index (χ2n) is 7.77. The van der Waals surface area contributed by atoms with E-state index in [2.05, 4.69) is 25.8 Å². The Morgan fingerprint density at radius 3 is 2.79 bits per heavy atom. The number of benzene rings is 1. The molecule has 1 aromatic carbocycles. The van der Waals surface area contributed by atoms with Gasteiger partial charge in [0.05, 0.1) is 30.3 Å². The lowest BCUT2D eigenvalue weighted by Gasteiger charge is -2.32. The van der Waals surface area contributed by atoms with Crippen molar-refractivity contribution in [1.29, 1.82) is 0 Å². The highest BCUT2D eigenvalue weighted by atomic mass is 35.5. The molecule has 1 aliphatic rings. The van der Waals surface area contributed by atoms with Gasteiger partial charge in [0.1, 0.15) is 24.7 Å². The first-order valence-corrected chi connectivity index (χ1v) is 10.7. The normalized spacial score (nSPS) is 15.2. The lowest BCUT2D eigenvalue weighted by Crippen LogP contribution is -2.55. The fourth-order valence-corrected chi connectivity index (χ4v) is 3.60. The highest BCUT2D eigenvalue weighted by Crippen LogP contribution is 2.28. The highest BCUT2D eigenvalue weighted by molar-refractivity contribution is 6.30. The van der Waals surface area contributed by atoms with Crippen molar-refractivity contribution in [2.75, 3.05) is 43.5 Å². The number of nitrogens with zero attached hydrogens (tertiary/aromatic N) is 4. The number of pyridine rings is 1. The van der Waals surface area contributed by atoms with Gasteiger partial charge in [0, 0.05) is 28.5 Å². The molecule has 1 aliphatic heterocycles. The fourth-order valence-electron chi connectivity index (χ4n) is 3.43. The number of anilines is 3. The molecule has 1 saturated heterocycles. The zero-order valence-corrected chi connectivity index (χ0v) is 18.6. The molecule has 1 fully saturated rings. The molecule has 33 heavy (non-hydrogen) atoms. The third-order valence-corrected chi connectivity index (χ3v) is 5.47. The van der Waals surface area contributed by atoms with Crippen molar-refractivity contribution in [3.63, 3.8) is 0 Å². The molecule has 1 amide bonds. The predicted molar refractivity (Wildman–Crippen MR) is 121 cm³/mol. The number of carbonyl (C=O) groups excluding carboxylic acids is 1. The number of halogens is 2. The summed E-state index contributed by atoms with van der Waals surface area (Å²) >= 11 is 6.00. The van der Waals surface area contributed by atoms with E-state index in [0.717, 1.165) is 0 Å². The van der Waals surface area contributed by atoms with E-state index in [1.807, 2.05) is 0 Å². The van der Waals surface area contributed by atoms with Crippen LogP contribution < -0.4 is 10.6 Å². The summed E-state index contributed by atoms with van der Waals surface area (Å²) in [4.78, 5) is 16.6. The van der Waals surface area contributed by atoms with E-state index in [1.165, 1.54) is 24.4 Å². The maximum atomic E-state index is 14.3. The smallest absolute Gasteiger partial charge is 0.283 e. The number of nitrogens with one attached hydrogen (secondary N) is 2. The molecule has 0 aliphatic carbocycles. The van der Waals surface area contributed by atoms with Crippen molar-refractivity contribution in [1.82, 2.24) is 15.2 Å². The van der Waals surface area contributed by atoms with Gasteiger partial charge in [0.15, 0.2) is 6.54 Å². The average Bonchev–Trinajstić information content (AvgIpc) is 2.77. The van der Waals surface area contributed by atoms with Crippen LogP contribution in [0.15, 0.2) is 42.6 Å². The van der Waals surface area contributed by atoms with Gasteiger partial charge in [0.25, 0.3) is 5.91 Å². The summed E-state index contributed by atoms with van der Waals surface area (Å²) in [5, 5.41) is 25.0. The summed E-state index contributed by atoms with van der Waals surface area (Å²) in [5.41, 5.74) is 2.41. The van der Waals surface area contributed by atoms with E-state index in [1.54, 1.807) is 25.1 Å². The maximum absolute atomic E-state index is 14.3. The molecule has 0 saturated carbocycles. The number of aryl methyl sites for hydroxylation is 1. The second-order valence-corrected chi connectivity index (χ2v) is 8.20. The van der Waals surface area contributed by atoms with Crippen molar-refractivity contribution in [3.8, 4) is 11.3 Å². The van der Waals surface area contributed by atoms with Gasteiger partial charge < -0.3 is 15.4 Å². The van der Waals surface area contributed by atoms with Crippen molar-refractivity contribution in [3.05, 3.63) is 59.1 Å². The van der Waals surface area contributed by atoms with E-state index in [-0.39, 0.29) is 22.7 Å². The summed E-state index contributed by atoms with van der Waals surface area (Å²) in [5.74, 6) is -0.489. The van der Waals surface area contributed by atoms with Crippen LogP contribution in [0.1, 0.15) is 5.69 Å². The SMILES string of the molecule is Cc1nnc(-c2cc(Cl)ccc2F)cc1Nc1ccnc(NC(=O)C[N+]2(O)CCOCC2)c1. The highest BCUT2D eigenvalue weighted by Gasteiger charge is 2.32.